The van der Waals surface area contributed by atoms with Crippen LogP contribution in [0.3, 0.4) is 0 Å². The summed E-state index contributed by atoms with van der Waals surface area (Å²) < 4.78 is 20.6. The van der Waals surface area contributed by atoms with E-state index < -0.39 is 17.6 Å². The minimum Gasteiger partial charge on any atom is -0.469 e. The van der Waals surface area contributed by atoms with Crippen molar-refractivity contribution in [2.24, 2.45) is 0 Å². The molecule has 172 valence electrons. The number of allylic oxidation sites excluding steroid dienone is 3. The number of nitrogens with one attached hydrogen (secondary N) is 2. The second-order valence-electron chi connectivity index (χ2n) is 8.73. The van der Waals surface area contributed by atoms with Crippen molar-refractivity contribution in [1.82, 2.24) is 10.3 Å². The average molecular weight is 458 g/mol. The van der Waals surface area contributed by atoms with Crippen LogP contribution in [0.15, 0.2) is 87.9 Å². The van der Waals surface area contributed by atoms with Gasteiger partial charge in [-0.05, 0) is 50.1 Å². The molecule has 1 aliphatic heterocycles. The van der Waals surface area contributed by atoms with Gasteiger partial charge in [-0.25, -0.2) is 9.37 Å². The minimum atomic E-state index is -0.826. The summed E-state index contributed by atoms with van der Waals surface area (Å²) in [5, 5.41) is 6.09. The molecule has 1 aromatic carbocycles. The quantitative estimate of drug-likeness (QED) is 0.568. The number of halogens is 1. The topological polar surface area (TPSA) is 84.2 Å². The van der Waals surface area contributed by atoms with Crippen molar-refractivity contribution >= 4 is 17.5 Å². The Kier molecular flexibility index (Phi) is 5.61. The average Bonchev–Trinajstić information content (AvgIpc) is 3.35. The van der Waals surface area contributed by atoms with Crippen LogP contribution in [0.2, 0.25) is 0 Å². The molecule has 0 saturated carbocycles. The number of hydrogen-bond donors (Lipinski definition) is 2. The van der Waals surface area contributed by atoms with Crippen molar-refractivity contribution in [3.05, 3.63) is 106 Å². The number of nitrogens with zero attached hydrogens (tertiary/aromatic N) is 1. The highest BCUT2D eigenvalue weighted by atomic mass is 19.1. The Labute approximate surface area is 196 Å². The number of benzene rings is 1. The summed E-state index contributed by atoms with van der Waals surface area (Å²) in [4.78, 5) is 31.2. The Hall–Kier alpha value is -4.00. The highest BCUT2D eigenvalue weighted by molar-refractivity contribution is 6.09. The van der Waals surface area contributed by atoms with Gasteiger partial charge in [-0.1, -0.05) is 24.3 Å². The first-order valence-electron chi connectivity index (χ1n) is 11.2. The van der Waals surface area contributed by atoms with Gasteiger partial charge >= 0.3 is 0 Å². The van der Waals surface area contributed by atoms with E-state index in [-0.39, 0.29) is 18.1 Å². The predicted octanol–water partition coefficient (Wildman–Crippen LogP) is 5.12. The maximum Gasteiger partial charge on any atom is 0.255 e. The molecule has 1 amide bonds. The third kappa shape index (κ3) is 3.94. The number of hydrogen-bond acceptors (Lipinski definition) is 5. The molecule has 0 unspecified atom stereocenters. The monoisotopic (exact) mass is 457 g/mol. The third-order valence-electron chi connectivity index (χ3n) is 6.39. The molecule has 0 radical (unpaired) electrons. The molecule has 5 rings (SSSR count). The van der Waals surface area contributed by atoms with E-state index >= 15 is 4.39 Å². The first kappa shape index (κ1) is 21.8. The van der Waals surface area contributed by atoms with Crippen LogP contribution in [-0.2, 0) is 9.59 Å². The van der Waals surface area contributed by atoms with Crippen LogP contribution in [0.4, 0.5) is 10.2 Å². The van der Waals surface area contributed by atoms with E-state index in [1.54, 1.807) is 49.7 Å². The summed E-state index contributed by atoms with van der Waals surface area (Å²) in [7, 11) is 0. The lowest BCUT2D eigenvalue weighted by atomic mass is 9.72. The molecule has 2 N–H and O–H groups in total. The number of dihydropyridines is 1. The molecule has 0 spiro atoms. The van der Waals surface area contributed by atoms with E-state index in [1.165, 1.54) is 6.07 Å². The Balaban J connectivity index is 1.57. The Morgan fingerprint density at radius 2 is 1.94 bits per heavy atom. The lowest BCUT2D eigenvalue weighted by Gasteiger charge is -2.36. The van der Waals surface area contributed by atoms with E-state index in [2.05, 4.69) is 15.6 Å². The summed E-state index contributed by atoms with van der Waals surface area (Å²) in [5.74, 6) is -0.843. The van der Waals surface area contributed by atoms with Crippen LogP contribution < -0.4 is 10.6 Å². The molecule has 0 saturated heterocycles. The molecule has 2 atom stereocenters. The van der Waals surface area contributed by atoms with E-state index in [0.717, 1.165) is 11.3 Å². The Morgan fingerprint density at radius 3 is 2.65 bits per heavy atom. The zero-order chi connectivity index (χ0) is 23.8. The SMILES string of the molecule is CC1=C(C(=O)Nc2ccc(C)cn2)[C@@H](c2ccccc2F)C2=C(C[C@H](c3ccco3)CC2=O)N1. The second kappa shape index (κ2) is 8.74. The van der Waals surface area contributed by atoms with Crippen LogP contribution in [0.25, 0.3) is 0 Å². The lowest BCUT2D eigenvalue weighted by Crippen LogP contribution is -2.37. The first-order chi connectivity index (χ1) is 16.4. The number of amides is 1. The number of pyridine rings is 1. The summed E-state index contributed by atoms with van der Waals surface area (Å²) in [6.07, 6.45) is 4.01. The molecule has 1 aliphatic carbocycles. The van der Waals surface area contributed by atoms with Crippen LogP contribution in [0.5, 0.6) is 0 Å². The fourth-order valence-electron chi connectivity index (χ4n) is 4.81. The number of carbonyl (C=O) groups excluding carboxylic acids is 2. The number of aryl methyl sites for hydroxylation is 1. The number of Topliss-reactive ketones (excluding diaryl/α,β-unsaturated/α-hetero) is 1. The highest BCUT2D eigenvalue weighted by Gasteiger charge is 2.42. The summed E-state index contributed by atoms with van der Waals surface area (Å²) >= 11 is 0. The molecule has 3 aromatic rings. The van der Waals surface area contributed by atoms with Crippen LogP contribution in [-0.4, -0.2) is 16.7 Å². The second-order valence-corrected chi connectivity index (χ2v) is 8.73. The zero-order valence-corrected chi connectivity index (χ0v) is 18.9. The highest BCUT2D eigenvalue weighted by Crippen LogP contribution is 2.46. The van der Waals surface area contributed by atoms with Gasteiger partial charge in [0.25, 0.3) is 5.91 Å². The van der Waals surface area contributed by atoms with Gasteiger partial charge in [-0.2, -0.15) is 0 Å². The standard InChI is InChI=1S/C27H24FN3O3/c1-15-9-10-23(29-14-15)31-27(33)24-16(2)30-20-12-17(22-8-5-11-34-22)13-21(32)26(20)25(24)18-6-3-4-7-19(18)28/h3-11,14,17,25,30H,12-13H2,1-2H3,(H,29,31,33)/t17-,25+/m0/s1. The molecule has 0 fully saturated rings. The fraction of sp³-hybridized carbons (Fsp3) is 0.222. The van der Waals surface area contributed by atoms with Gasteiger partial charge in [-0.15, -0.1) is 0 Å². The Bertz CT molecular complexity index is 1320. The van der Waals surface area contributed by atoms with E-state index in [9.17, 15) is 9.59 Å². The van der Waals surface area contributed by atoms with Gasteiger partial charge in [0.05, 0.1) is 6.26 Å². The van der Waals surface area contributed by atoms with Crippen LogP contribution in [0.1, 0.15) is 48.5 Å². The molecule has 7 heteroatoms. The third-order valence-corrected chi connectivity index (χ3v) is 6.39. The Morgan fingerprint density at radius 1 is 1.12 bits per heavy atom. The van der Waals surface area contributed by atoms with Gasteiger partial charge in [-0.3, -0.25) is 9.59 Å². The van der Waals surface area contributed by atoms with Gasteiger partial charge < -0.3 is 15.1 Å². The normalized spacial score (nSPS) is 20.1. The van der Waals surface area contributed by atoms with E-state index in [0.29, 0.717) is 40.3 Å². The van der Waals surface area contributed by atoms with Crippen molar-refractivity contribution in [3.63, 3.8) is 0 Å². The molecule has 34 heavy (non-hydrogen) atoms. The number of furan rings is 1. The summed E-state index contributed by atoms with van der Waals surface area (Å²) in [6, 6.07) is 13.5. The maximum absolute atomic E-state index is 15.1. The van der Waals surface area contributed by atoms with E-state index in [4.69, 9.17) is 4.42 Å². The summed E-state index contributed by atoms with van der Waals surface area (Å²) in [5.41, 5.74) is 3.27. The van der Waals surface area contributed by atoms with Crippen molar-refractivity contribution in [2.45, 2.75) is 38.5 Å². The summed E-state index contributed by atoms with van der Waals surface area (Å²) in [6.45, 7) is 3.68. The number of rotatable bonds is 4. The van der Waals surface area contributed by atoms with Crippen molar-refractivity contribution in [3.8, 4) is 0 Å². The van der Waals surface area contributed by atoms with E-state index in [1.807, 2.05) is 19.1 Å². The van der Waals surface area contributed by atoms with Crippen molar-refractivity contribution in [1.29, 1.82) is 0 Å². The number of carbonyl (C=O) groups is 2. The predicted molar refractivity (Wildman–Crippen MR) is 125 cm³/mol. The van der Waals surface area contributed by atoms with Crippen LogP contribution >= 0.6 is 0 Å². The molecule has 0 bridgehead atoms. The fourth-order valence-corrected chi connectivity index (χ4v) is 4.81. The van der Waals surface area contributed by atoms with Gasteiger partial charge in [0.15, 0.2) is 5.78 Å². The molecule has 2 aliphatic rings. The van der Waals surface area contributed by atoms with Crippen LogP contribution in [0, 0.1) is 12.7 Å². The molecule has 6 nitrogen and oxygen atoms in total. The van der Waals surface area contributed by atoms with Crippen molar-refractivity contribution < 1.29 is 18.4 Å². The van der Waals surface area contributed by atoms with Gasteiger partial charge in [0.2, 0.25) is 0 Å². The number of ketones is 1. The largest absolute Gasteiger partial charge is 0.469 e. The molecular weight excluding hydrogens is 433 g/mol. The molecular formula is C27H24FN3O3. The molecule has 2 aromatic heterocycles. The number of anilines is 1. The number of aromatic nitrogens is 1. The smallest absolute Gasteiger partial charge is 0.255 e. The lowest BCUT2D eigenvalue weighted by molar-refractivity contribution is -0.116. The minimum absolute atomic E-state index is 0.116. The van der Waals surface area contributed by atoms with Crippen molar-refractivity contribution in [2.75, 3.05) is 5.32 Å². The van der Waals surface area contributed by atoms with Gasteiger partial charge in [0, 0.05) is 52.6 Å². The first-order valence-corrected chi connectivity index (χ1v) is 11.2. The maximum atomic E-state index is 15.1. The van der Waals surface area contributed by atoms with Gasteiger partial charge in [0.1, 0.15) is 17.4 Å². The molecule has 3 heterocycles. The zero-order valence-electron chi connectivity index (χ0n) is 18.9.